The van der Waals surface area contributed by atoms with Gasteiger partial charge < -0.3 is 4.57 Å². The Hall–Kier alpha value is -1.48. The molecule has 2 aromatic rings. The fourth-order valence-corrected chi connectivity index (χ4v) is 5.80. The highest BCUT2D eigenvalue weighted by Crippen LogP contribution is 2.35. The number of nitrogens with zero attached hydrogens (tertiary/aromatic N) is 3. The molecule has 0 spiro atoms. The van der Waals surface area contributed by atoms with E-state index in [1.165, 1.54) is 17.8 Å². The molecule has 5 nitrogen and oxygen atoms in total. The van der Waals surface area contributed by atoms with E-state index in [4.69, 9.17) is 0 Å². The van der Waals surface area contributed by atoms with Crippen LogP contribution >= 0.6 is 11.8 Å². The van der Waals surface area contributed by atoms with Gasteiger partial charge in [0.05, 0.1) is 11.5 Å². The summed E-state index contributed by atoms with van der Waals surface area (Å²) in [6.45, 7) is 1.78. The fourth-order valence-electron chi connectivity index (χ4n) is 2.96. The van der Waals surface area contributed by atoms with Crippen LogP contribution in [0.15, 0.2) is 23.4 Å². The molecule has 0 amide bonds. The summed E-state index contributed by atoms with van der Waals surface area (Å²) >= 11 is 1.29. The van der Waals surface area contributed by atoms with E-state index in [9.17, 15) is 17.2 Å². The van der Waals surface area contributed by atoms with Gasteiger partial charge in [0.1, 0.15) is 17.5 Å². The van der Waals surface area contributed by atoms with Crippen molar-refractivity contribution in [1.29, 1.82) is 0 Å². The molecular weight excluding hydrogens is 368 g/mol. The van der Waals surface area contributed by atoms with Gasteiger partial charge in [-0.3, -0.25) is 0 Å². The molecule has 136 valence electrons. The molecule has 2 heterocycles. The number of thioether (sulfide) groups is 1. The maximum atomic E-state index is 13.9. The van der Waals surface area contributed by atoms with Crippen molar-refractivity contribution in [3.05, 3.63) is 41.2 Å². The quantitative estimate of drug-likeness (QED) is 0.738. The van der Waals surface area contributed by atoms with Crippen molar-refractivity contribution in [2.24, 2.45) is 13.0 Å². The van der Waals surface area contributed by atoms with E-state index in [1.807, 2.05) is 0 Å². The third-order valence-corrected chi connectivity index (χ3v) is 7.41. The van der Waals surface area contributed by atoms with Gasteiger partial charge in [-0.05, 0) is 37.5 Å². The Bertz CT molecular complexity index is 884. The first kappa shape index (κ1) is 18.3. The number of benzene rings is 1. The number of hydrogen-bond acceptors (Lipinski definition) is 5. The highest BCUT2D eigenvalue weighted by molar-refractivity contribution is 7.99. The van der Waals surface area contributed by atoms with E-state index in [2.05, 4.69) is 10.2 Å². The Balaban J connectivity index is 1.72. The third kappa shape index (κ3) is 4.20. The number of hydrogen-bond donors (Lipinski definition) is 0. The van der Waals surface area contributed by atoms with Gasteiger partial charge in [-0.25, -0.2) is 17.2 Å². The zero-order valence-electron chi connectivity index (χ0n) is 13.9. The van der Waals surface area contributed by atoms with Gasteiger partial charge in [0.15, 0.2) is 15.0 Å². The van der Waals surface area contributed by atoms with Gasteiger partial charge >= 0.3 is 0 Å². The van der Waals surface area contributed by atoms with Gasteiger partial charge in [0.2, 0.25) is 0 Å². The van der Waals surface area contributed by atoms with Crippen LogP contribution in [0.5, 0.6) is 0 Å². The lowest BCUT2D eigenvalue weighted by molar-refractivity contribution is 0.552. The Morgan fingerprint density at radius 1 is 1.36 bits per heavy atom. The van der Waals surface area contributed by atoms with Crippen LogP contribution in [-0.2, 0) is 23.3 Å². The summed E-state index contributed by atoms with van der Waals surface area (Å²) in [4.78, 5) is 0. The molecule has 3 rings (SSSR count). The zero-order valence-corrected chi connectivity index (χ0v) is 15.6. The number of rotatable bonds is 5. The maximum absolute atomic E-state index is 13.9. The van der Waals surface area contributed by atoms with E-state index in [0.717, 1.165) is 12.1 Å². The van der Waals surface area contributed by atoms with Gasteiger partial charge in [-0.2, -0.15) is 0 Å². The summed E-state index contributed by atoms with van der Waals surface area (Å²) in [7, 11) is -1.12. The van der Waals surface area contributed by atoms with Crippen molar-refractivity contribution in [3.63, 3.8) is 0 Å². The van der Waals surface area contributed by atoms with E-state index >= 15 is 0 Å². The second kappa shape index (κ2) is 7.03. The predicted molar refractivity (Wildman–Crippen MR) is 92.1 cm³/mol. The SMILES string of the molecule is CC(Sc1nnc(CC2CCS(=O)(=O)C2)n1C)c1cc(F)ccc1F. The number of sulfone groups is 1. The van der Waals surface area contributed by atoms with Crippen molar-refractivity contribution in [2.75, 3.05) is 11.5 Å². The lowest BCUT2D eigenvalue weighted by Crippen LogP contribution is -2.11. The normalized spacial score (nSPS) is 20.7. The van der Waals surface area contributed by atoms with E-state index in [-0.39, 0.29) is 28.2 Å². The smallest absolute Gasteiger partial charge is 0.191 e. The van der Waals surface area contributed by atoms with Gasteiger partial charge in [0.25, 0.3) is 0 Å². The maximum Gasteiger partial charge on any atom is 0.191 e. The average molecular weight is 387 g/mol. The summed E-state index contributed by atoms with van der Waals surface area (Å²) < 4.78 is 52.2. The highest BCUT2D eigenvalue weighted by atomic mass is 32.2. The lowest BCUT2D eigenvalue weighted by atomic mass is 10.1. The molecule has 1 fully saturated rings. The molecule has 9 heteroatoms. The third-order valence-electron chi connectivity index (χ3n) is 4.40. The van der Waals surface area contributed by atoms with Crippen LogP contribution in [0.3, 0.4) is 0 Å². The molecule has 2 unspecified atom stereocenters. The Morgan fingerprint density at radius 2 is 2.12 bits per heavy atom. The lowest BCUT2D eigenvalue weighted by Gasteiger charge is -2.13. The first-order valence-corrected chi connectivity index (χ1v) is 10.7. The van der Waals surface area contributed by atoms with Gasteiger partial charge in [-0.15, -0.1) is 10.2 Å². The minimum Gasteiger partial charge on any atom is -0.309 e. The first-order chi connectivity index (χ1) is 11.7. The minimum absolute atomic E-state index is 0.0591. The van der Waals surface area contributed by atoms with Crippen LogP contribution < -0.4 is 0 Å². The second-order valence-electron chi connectivity index (χ2n) is 6.36. The highest BCUT2D eigenvalue weighted by Gasteiger charge is 2.29. The van der Waals surface area contributed by atoms with Gasteiger partial charge in [0, 0.05) is 24.3 Å². The molecule has 0 N–H and O–H groups in total. The molecule has 1 aromatic carbocycles. The molecule has 0 aliphatic carbocycles. The Kier molecular flexibility index (Phi) is 5.15. The molecule has 1 aliphatic rings. The Morgan fingerprint density at radius 3 is 2.80 bits per heavy atom. The van der Waals surface area contributed by atoms with Crippen molar-refractivity contribution < 1.29 is 17.2 Å². The van der Waals surface area contributed by atoms with Crippen LogP contribution in [0.1, 0.15) is 30.0 Å². The molecule has 0 bridgehead atoms. The molecule has 1 aromatic heterocycles. The van der Waals surface area contributed by atoms with Crippen molar-refractivity contribution >= 4 is 21.6 Å². The fraction of sp³-hybridized carbons (Fsp3) is 0.500. The molecule has 2 atom stereocenters. The van der Waals surface area contributed by atoms with Gasteiger partial charge in [-0.1, -0.05) is 11.8 Å². The number of aromatic nitrogens is 3. The van der Waals surface area contributed by atoms with E-state index in [0.29, 0.717) is 23.8 Å². The van der Waals surface area contributed by atoms with Crippen molar-refractivity contribution in [3.8, 4) is 0 Å². The summed E-state index contributed by atoms with van der Waals surface area (Å²) in [6, 6.07) is 3.39. The molecular formula is C16H19F2N3O2S2. The second-order valence-corrected chi connectivity index (χ2v) is 9.89. The minimum atomic E-state index is -2.93. The van der Waals surface area contributed by atoms with E-state index in [1.54, 1.807) is 18.5 Å². The van der Waals surface area contributed by atoms with Crippen molar-refractivity contribution in [1.82, 2.24) is 14.8 Å². The monoisotopic (exact) mass is 387 g/mol. The molecule has 25 heavy (non-hydrogen) atoms. The topological polar surface area (TPSA) is 64.8 Å². The summed E-state index contributed by atoms with van der Waals surface area (Å²) in [5.74, 6) is 0.241. The average Bonchev–Trinajstić information content (AvgIpc) is 3.06. The largest absolute Gasteiger partial charge is 0.309 e. The summed E-state index contributed by atoms with van der Waals surface area (Å²) in [5, 5.41) is 8.52. The standard InChI is InChI=1S/C16H19F2N3O2S2/c1-10(13-8-12(17)3-4-14(13)18)24-16-20-19-15(21(16)2)7-11-5-6-25(22,23)9-11/h3-4,8,10-11H,5-7,9H2,1-2H3. The first-order valence-electron chi connectivity index (χ1n) is 7.95. The number of halogens is 2. The van der Waals surface area contributed by atoms with Crippen LogP contribution in [0, 0.1) is 17.6 Å². The summed E-state index contributed by atoms with van der Waals surface area (Å²) in [6.07, 6.45) is 1.19. The summed E-state index contributed by atoms with van der Waals surface area (Å²) in [5.41, 5.74) is 0.274. The predicted octanol–water partition coefficient (Wildman–Crippen LogP) is 2.92. The van der Waals surface area contributed by atoms with Crippen molar-refractivity contribution in [2.45, 2.75) is 30.2 Å². The molecule has 1 aliphatic heterocycles. The zero-order chi connectivity index (χ0) is 18.2. The van der Waals surface area contributed by atoms with Crippen LogP contribution in [0.4, 0.5) is 8.78 Å². The molecule has 0 radical (unpaired) electrons. The molecule has 1 saturated heterocycles. The van der Waals surface area contributed by atoms with Crippen LogP contribution in [0.25, 0.3) is 0 Å². The van der Waals surface area contributed by atoms with E-state index < -0.39 is 21.5 Å². The van der Waals surface area contributed by atoms with Crippen LogP contribution in [0.2, 0.25) is 0 Å². The molecule has 0 saturated carbocycles. The van der Waals surface area contributed by atoms with Crippen LogP contribution in [-0.4, -0.2) is 34.7 Å². The Labute approximate surface area is 149 Å².